The fourth-order valence-electron chi connectivity index (χ4n) is 2.19. The van der Waals surface area contributed by atoms with E-state index < -0.39 is 0 Å². The zero-order chi connectivity index (χ0) is 13.5. The van der Waals surface area contributed by atoms with Crippen molar-refractivity contribution >= 4 is 11.6 Å². The Balaban J connectivity index is 1.79. The Kier molecular flexibility index (Phi) is 5.43. The van der Waals surface area contributed by atoms with Gasteiger partial charge in [-0.25, -0.2) is 4.98 Å². The van der Waals surface area contributed by atoms with Crippen LogP contribution in [0.25, 0.3) is 0 Å². The van der Waals surface area contributed by atoms with E-state index in [0.717, 1.165) is 36.7 Å². The molecule has 0 spiro atoms. The van der Waals surface area contributed by atoms with Crippen LogP contribution < -0.4 is 5.32 Å². The summed E-state index contributed by atoms with van der Waals surface area (Å²) in [4.78, 5) is 7.34. The molecule has 102 valence electrons. The van der Waals surface area contributed by atoms with Crippen LogP contribution in [0.5, 0.6) is 0 Å². The van der Waals surface area contributed by atoms with Crippen LogP contribution in [-0.4, -0.2) is 16.5 Å². The summed E-state index contributed by atoms with van der Waals surface area (Å²) in [5.74, 6) is 1.05. The Labute approximate surface area is 119 Å². The van der Waals surface area contributed by atoms with E-state index in [0.29, 0.717) is 6.04 Å². The van der Waals surface area contributed by atoms with Gasteiger partial charge in [0.2, 0.25) is 0 Å². The van der Waals surface area contributed by atoms with Crippen LogP contribution in [0.3, 0.4) is 0 Å². The largest absolute Gasteiger partial charge is 0.349 e. The maximum Gasteiger partial charge on any atom is 0.106 e. The predicted octanol–water partition coefficient (Wildman–Crippen LogP) is 3.74. The summed E-state index contributed by atoms with van der Waals surface area (Å²) in [6.45, 7) is 3.16. The van der Waals surface area contributed by atoms with Gasteiger partial charge in [-0.1, -0.05) is 30.7 Å². The maximum atomic E-state index is 6.03. The summed E-state index contributed by atoms with van der Waals surface area (Å²) in [5.41, 5.74) is 1.26. The van der Waals surface area contributed by atoms with Gasteiger partial charge < -0.3 is 10.3 Å². The molecule has 0 amide bonds. The molecule has 0 saturated heterocycles. The minimum Gasteiger partial charge on any atom is -0.349 e. The van der Waals surface area contributed by atoms with Gasteiger partial charge in [0.15, 0.2) is 0 Å². The smallest absolute Gasteiger partial charge is 0.106 e. The number of aryl methyl sites for hydroxylation is 1. The van der Waals surface area contributed by atoms with Crippen LogP contribution in [-0.2, 0) is 6.42 Å². The number of hydrogen-bond donors (Lipinski definition) is 2. The number of aromatic nitrogens is 2. The molecule has 1 aromatic carbocycles. The van der Waals surface area contributed by atoms with Crippen LogP contribution in [0.2, 0.25) is 5.02 Å². The third-order valence-electron chi connectivity index (χ3n) is 3.20. The van der Waals surface area contributed by atoms with Crippen molar-refractivity contribution in [1.29, 1.82) is 0 Å². The van der Waals surface area contributed by atoms with Crippen molar-refractivity contribution in [3.63, 3.8) is 0 Å². The molecule has 0 saturated carbocycles. The number of nitrogens with one attached hydrogen (secondary N) is 2. The molecule has 2 N–H and O–H groups in total. The van der Waals surface area contributed by atoms with E-state index >= 15 is 0 Å². The highest BCUT2D eigenvalue weighted by Gasteiger charge is 2.08. The van der Waals surface area contributed by atoms with Gasteiger partial charge in [0, 0.05) is 29.9 Å². The molecular weight excluding hydrogens is 258 g/mol. The van der Waals surface area contributed by atoms with Crippen molar-refractivity contribution < 1.29 is 0 Å². The van der Waals surface area contributed by atoms with Gasteiger partial charge in [0.25, 0.3) is 0 Å². The summed E-state index contributed by atoms with van der Waals surface area (Å²) >= 11 is 6.03. The molecule has 0 aliphatic rings. The predicted molar refractivity (Wildman–Crippen MR) is 79.4 cm³/mol. The molecule has 0 radical (unpaired) electrons. The Hall–Kier alpha value is -1.32. The molecule has 1 aromatic heterocycles. The van der Waals surface area contributed by atoms with Gasteiger partial charge in [0.1, 0.15) is 5.82 Å². The summed E-state index contributed by atoms with van der Waals surface area (Å²) in [6, 6.07) is 8.45. The highest BCUT2D eigenvalue weighted by Crippen LogP contribution is 2.20. The zero-order valence-corrected chi connectivity index (χ0v) is 12.0. The van der Waals surface area contributed by atoms with Crippen molar-refractivity contribution in [3.05, 3.63) is 53.1 Å². The van der Waals surface area contributed by atoms with Crippen molar-refractivity contribution in [3.8, 4) is 0 Å². The summed E-state index contributed by atoms with van der Waals surface area (Å²) in [7, 11) is 0. The number of hydrogen-bond acceptors (Lipinski definition) is 2. The number of rotatable bonds is 7. The molecule has 2 rings (SSSR count). The van der Waals surface area contributed by atoms with Crippen LogP contribution in [0, 0.1) is 0 Å². The molecule has 0 aliphatic carbocycles. The maximum absolute atomic E-state index is 6.03. The lowest BCUT2D eigenvalue weighted by Crippen LogP contribution is -2.22. The molecule has 0 aliphatic heterocycles. The highest BCUT2D eigenvalue weighted by atomic mass is 35.5. The summed E-state index contributed by atoms with van der Waals surface area (Å²) < 4.78 is 0. The van der Waals surface area contributed by atoms with Gasteiger partial charge in [0.05, 0.1) is 0 Å². The van der Waals surface area contributed by atoms with Gasteiger partial charge in [-0.15, -0.1) is 0 Å². The number of aromatic amines is 1. The van der Waals surface area contributed by atoms with E-state index in [-0.39, 0.29) is 0 Å². The van der Waals surface area contributed by atoms with Crippen LogP contribution >= 0.6 is 11.6 Å². The first-order valence-electron chi connectivity index (χ1n) is 6.76. The number of benzene rings is 1. The molecule has 3 nitrogen and oxygen atoms in total. The number of imidazole rings is 1. The molecule has 19 heavy (non-hydrogen) atoms. The lowest BCUT2D eigenvalue weighted by molar-refractivity contribution is 0.508. The van der Waals surface area contributed by atoms with E-state index in [2.05, 4.69) is 28.3 Å². The molecule has 0 bridgehead atoms. The fraction of sp³-hybridized carbons (Fsp3) is 0.400. The Morgan fingerprint density at radius 3 is 3.00 bits per heavy atom. The van der Waals surface area contributed by atoms with Crippen LogP contribution in [0.4, 0.5) is 0 Å². The lowest BCUT2D eigenvalue weighted by atomic mass is 10.0. The number of H-pyrrole nitrogens is 1. The second-order valence-electron chi connectivity index (χ2n) is 4.61. The van der Waals surface area contributed by atoms with Crippen LogP contribution in [0.15, 0.2) is 36.7 Å². The molecule has 0 fully saturated rings. The SMILES string of the molecule is CCC(NCCCc1ncc[nH]1)c1cccc(Cl)c1. The average molecular weight is 278 g/mol. The third kappa shape index (κ3) is 4.37. The molecular formula is C15H20ClN3. The monoisotopic (exact) mass is 277 g/mol. The molecule has 1 unspecified atom stereocenters. The van der Waals surface area contributed by atoms with Gasteiger partial charge in [-0.3, -0.25) is 0 Å². The van der Waals surface area contributed by atoms with Gasteiger partial charge in [-0.2, -0.15) is 0 Å². The Morgan fingerprint density at radius 1 is 1.42 bits per heavy atom. The summed E-state index contributed by atoms with van der Waals surface area (Å²) in [6.07, 6.45) is 6.77. The van der Waals surface area contributed by atoms with E-state index in [9.17, 15) is 0 Å². The summed E-state index contributed by atoms with van der Waals surface area (Å²) in [5, 5.41) is 4.37. The minimum absolute atomic E-state index is 0.371. The van der Waals surface area contributed by atoms with E-state index in [1.807, 2.05) is 24.4 Å². The van der Waals surface area contributed by atoms with Crippen LogP contribution in [0.1, 0.15) is 37.2 Å². The first-order valence-corrected chi connectivity index (χ1v) is 7.14. The van der Waals surface area contributed by atoms with E-state index in [4.69, 9.17) is 11.6 Å². The van der Waals surface area contributed by atoms with Crippen molar-refractivity contribution in [2.45, 2.75) is 32.2 Å². The zero-order valence-electron chi connectivity index (χ0n) is 11.2. The van der Waals surface area contributed by atoms with Gasteiger partial charge >= 0.3 is 0 Å². The quantitative estimate of drug-likeness (QED) is 0.757. The third-order valence-corrected chi connectivity index (χ3v) is 3.43. The van der Waals surface area contributed by atoms with Crippen molar-refractivity contribution in [1.82, 2.24) is 15.3 Å². The van der Waals surface area contributed by atoms with E-state index in [1.165, 1.54) is 5.56 Å². The highest BCUT2D eigenvalue weighted by molar-refractivity contribution is 6.30. The topological polar surface area (TPSA) is 40.7 Å². The Morgan fingerprint density at radius 2 is 2.32 bits per heavy atom. The first-order chi connectivity index (χ1) is 9.29. The van der Waals surface area contributed by atoms with E-state index in [1.54, 1.807) is 6.20 Å². The molecule has 1 atom stereocenters. The normalized spacial score (nSPS) is 12.5. The standard InChI is InChI=1S/C15H20ClN3/c1-2-14(12-5-3-6-13(16)11-12)17-8-4-7-15-18-9-10-19-15/h3,5-6,9-11,14,17H,2,4,7-8H2,1H3,(H,18,19). The Bertz CT molecular complexity index is 482. The fourth-order valence-corrected chi connectivity index (χ4v) is 2.39. The molecule has 1 heterocycles. The number of nitrogens with zero attached hydrogens (tertiary/aromatic N) is 1. The van der Waals surface area contributed by atoms with Gasteiger partial charge in [-0.05, 0) is 37.1 Å². The second kappa shape index (κ2) is 7.31. The minimum atomic E-state index is 0.371. The molecule has 2 aromatic rings. The second-order valence-corrected chi connectivity index (χ2v) is 5.05. The first kappa shape index (κ1) is 14.1. The molecule has 4 heteroatoms. The average Bonchev–Trinajstić information content (AvgIpc) is 2.92. The van der Waals surface area contributed by atoms with Crippen molar-refractivity contribution in [2.75, 3.05) is 6.54 Å². The lowest BCUT2D eigenvalue weighted by Gasteiger charge is -2.17. The number of halogens is 1. The van der Waals surface area contributed by atoms with Crippen molar-refractivity contribution in [2.24, 2.45) is 0 Å².